The highest BCUT2D eigenvalue weighted by Gasteiger charge is 2.21. The SMILES string of the molecule is CCNC(=NCC1CCN(CCc2ccccc2)C1)NCCSC. The summed E-state index contributed by atoms with van der Waals surface area (Å²) in [5.74, 6) is 2.77. The van der Waals surface area contributed by atoms with E-state index in [1.165, 1.54) is 25.1 Å². The van der Waals surface area contributed by atoms with Crippen molar-refractivity contribution in [3.8, 4) is 0 Å². The maximum atomic E-state index is 4.78. The average Bonchev–Trinajstić information content (AvgIpc) is 3.07. The molecule has 1 saturated heterocycles. The average molecular weight is 349 g/mol. The van der Waals surface area contributed by atoms with E-state index < -0.39 is 0 Å². The van der Waals surface area contributed by atoms with Gasteiger partial charge in [0.25, 0.3) is 0 Å². The molecule has 1 unspecified atom stereocenters. The molecule has 0 saturated carbocycles. The summed E-state index contributed by atoms with van der Waals surface area (Å²) in [5.41, 5.74) is 1.44. The molecule has 0 radical (unpaired) electrons. The highest BCUT2D eigenvalue weighted by molar-refractivity contribution is 7.98. The van der Waals surface area contributed by atoms with Gasteiger partial charge >= 0.3 is 0 Å². The lowest BCUT2D eigenvalue weighted by Crippen LogP contribution is -2.38. The zero-order chi connectivity index (χ0) is 17.0. The molecule has 0 amide bonds. The standard InChI is InChI=1S/C19H32N4S/c1-3-20-19(21-11-14-24-2)22-15-18-10-13-23(16-18)12-9-17-7-5-4-6-8-17/h4-8,18H,3,9-16H2,1-2H3,(H2,20,21,22). The number of rotatable bonds is 9. The van der Waals surface area contributed by atoms with E-state index in [4.69, 9.17) is 4.99 Å². The van der Waals surface area contributed by atoms with Gasteiger partial charge in [0.2, 0.25) is 0 Å². The topological polar surface area (TPSA) is 39.7 Å². The molecule has 2 rings (SSSR count). The van der Waals surface area contributed by atoms with Crippen molar-refractivity contribution in [3.05, 3.63) is 35.9 Å². The van der Waals surface area contributed by atoms with Crippen molar-refractivity contribution in [1.29, 1.82) is 0 Å². The van der Waals surface area contributed by atoms with Gasteiger partial charge in [0.05, 0.1) is 0 Å². The maximum absolute atomic E-state index is 4.78. The molecule has 24 heavy (non-hydrogen) atoms. The summed E-state index contributed by atoms with van der Waals surface area (Å²) in [6.07, 6.45) is 4.55. The fraction of sp³-hybridized carbons (Fsp3) is 0.632. The molecule has 2 N–H and O–H groups in total. The molecule has 0 bridgehead atoms. The van der Waals surface area contributed by atoms with Gasteiger partial charge in [-0.05, 0) is 44.0 Å². The lowest BCUT2D eigenvalue weighted by Gasteiger charge is -2.16. The number of benzene rings is 1. The van der Waals surface area contributed by atoms with E-state index in [0.717, 1.165) is 44.3 Å². The highest BCUT2D eigenvalue weighted by Crippen LogP contribution is 2.17. The summed E-state index contributed by atoms with van der Waals surface area (Å²) in [6.45, 7) is 8.49. The number of nitrogens with one attached hydrogen (secondary N) is 2. The van der Waals surface area contributed by atoms with E-state index >= 15 is 0 Å². The summed E-state index contributed by atoms with van der Waals surface area (Å²) in [5, 5.41) is 6.75. The van der Waals surface area contributed by atoms with Crippen molar-refractivity contribution >= 4 is 17.7 Å². The third-order valence-corrected chi connectivity index (χ3v) is 4.99. The van der Waals surface area contributed by atoms with Crippen molar-refractivity contribution < 1.29 is 0 Å². The smallest absolute Gasteiger partial charge is 0.191 e. The van der Waals surface area contributed by atoms with Crippen LogP contribution in [0, 0.1) is 5.92 Å². The van der Waals surface area contributed by atoms with E-state index in [1.807, 2.05) is 11.8 Å². The second kappa shape index (κ2) is 11.4. The molecule has 1 atom stereocenters. The lowest BCUT2D eigenvalue weighted by atomic mass is 10.1. The van der Waals surface area contributed by atoms with Gasteiger partial charge in [0.15, 0.2) is 5.96 Å². The van der Waals surface area contributed by atoms with Gasteiger partial charge < -0.3 is 15.5 Å². The molecule has 1 heterocycles. The van der Waals surface area contributed by atoms with Crippen molar-refractivity contribution in [2.45, 2.75) is 19.8 Å². The van der Waals surface area contributed by atoms with Crippen molar-refractivity contribution in [1.82, 2.24) is 15.5 Å². The molecule has 1 aromatic rings. The van der Waals surface area contributed by atoms with Crippen LogP contribution in [0.1, 0.15) is 18.9 Å². The Morgan fingerprint density at radius 1 is 1.29 bits per heavy atom. The Morgan fingerprint density at radius 2 is 2.12 bits per heavy atom. The van der Waals surface area contributed by atoms with E-state index in [1.54, 1.807) is 0 Å². The first-order valence-corrected chi connectivity index (χ1v) is 10.5. The number of aliphatic imine (C=N–C) groups is 1. The third-order valence-electron chi connectivity index (χ3n) is 4.38. The number of nitrogens with zero attached hydrogens (tertiary/aromatic N) is 2. The number of thioether (sulfide) groups is 1. The van der Waals surface area contributed by atoms with Gasteiger partial charge in [-0.25, -0.2) is 0 Å². The van der Waals surface area contributed by atoms with Crippen molar-refractivity contribution in [2.75, 3.05) is 51.3 Å². The fourth-order valence-corrected chi connectivity index (χ4v) is 3.34. The lowest BCUT2D eigenvalue weighted by molar-refractivity contribution is 0.329. The summed E-state index contributed by atoms with van der Waals surface area (Å²) in [4.78, 5) is 7.36. The zero-order valence-electron chi connectivity index (χ0n) is 15.1. The Kier molecular flexibility index (Phi) is 9.06. The van der Waals surface area contributed by atoms with Crippen LogP contribution in [0.2, 0.25) is 0 Å². The number of likely N-dealkylation sites (tertiary alicyclic amines) is 1. The molecule has 4 nitrogen and oxygen atoms in total. The molecule has 0 spiro atoms. The van der Waals surface area contributed by atoms with Crippen LogP contribution >= 0.6 is 11.8 Å². The second-order valence-corrected chi connectivity index (χ2v) is 7.32. The Balaban J connectivity index is 1.70. The van der Waals surface area contributed by atoms with E-state index in [2.05, 4.69) is 59.0 Å². The molecule has 134 valence electrons. The van der Waals surface area contributed by atoms with Crippen molar-refractivity contribution in [2.24, 2.45) is 10.9 Å². The number of hydrogen-bond donors (Lipinski definition) is 2. The minimum Gasteiger partial charge on any atom is -0.357 e. The molecule has 1 aliphatic heterocycles. The van der Waals surface area contributed by atoms with E-state index in [9.17, 15) is 0 Å². The summed E-state index contributed by atoms with van der Waals surface area (Å²) >= 11 is 1.86. The first kappa shape index (κ1) is 19.1. The van der Waals surface area contributed by atoms with Gasteiger partial charge in [-0.3, -0.25) is 4.99 Å². The van der Waals surface area contributed by atoms with Crippen LogP contribution in [-0.2, 0) is 6.42 Å². The first-order valence-electron chi connectivity index (χ1n) is 9.09. The van der Waals surface area contributed by atoms with Gasteiger partial charge in [0.1, 0.15) is 0 Å². The van der Waals surface area contributed by atoms with Gasteiger partial charge in [-0.1, -0.05) is 30.3 Å². The molecular weight excluding hydrogens is 316 g/mol. The minimum atomic E-state index is 0.691. The Hall–Kier alpha value is -1.20. The summed E-state index contributed by atoms with van der Waals surface area (Å²) in [7, 11) is 0. The minimum absolute atomic E-state index is 0.691. The third kappa shape index (κ3) is 7.14. The maximum Gasteiger partial charge on any atom is 0.191 e. The molecule has 0 aromatic heterocycles. The predicted molar refractivity (Wildman–Crippen MR) is 107 cm³/mol. The van der Waals surface area contributed by atoms with Gasteiger partial charge in [-0.2, -0.15) is 11.8 Å². The van der Waals surface area contributed by atoms with Crippen LogP contribution in [0.3, 0.4) is 0 Å². The van der Waals surface area contributed by atoms with Gasteiger partial charge in [-0.15, -0.1) is 0 Å². The van der Waals surface area contributed by atoms with Crippen LogP contribution in [0.5, 0.6) is 0 Å². The van der Waals surface area contributed by atoms with Crippen LogP contribution in [0.25, 0.3) is 0 Å². The Morgan fingerprint density at radius 3 is 2.88 bits per heavy atom. The monoisotopic (exact) mass is 348 g/mol. The van der Waals surface area contributed by atoms with Crippen LogP contribution in [0.15, 0.2) is 35.3 Å². The van der Waals surface area contributed by atoms with Gasteiger partial charge in [0, 0.05) is 38.5 Å². The Labute approximate surface area is 151 Å². The van der Waals surface area contributed by atoms with Crippen molar-refractivity contribution in [3.63, 3.8) is 0 Å². The Bertz CT molecular complexity index is 478. The number of hydrogen-bond acceptors (Lipinski definition) is 3. The molecule has 0 aliphatic carbocycles. The second-order valence-electron chi connectivity index (χ2n) is 6.33. The zero-order valence-corrected chi connectivity index (χ0v) is 15.9. The first-order chi connectivity index (χ1) is 11.8. The normalized spacial score (nSPS) is 18.8. The predicted octanol–water partition coefficient (Wildman–Crippen LogP) is 2.47. The molecule has 1 aliphatic rings. The highest BCUT2D eigenvalue weighted by atomic mass is 32.2. The van der Waals surface area contributed by atoms with Crippen LogP contribution in [-0.4, -0.2) is 62.1 Å². The van der Waals surface area contributed by atoms with Crippen LogP contribution in [0.4, 0.5) is 0 Å². The van der Waals surface area contributed by atoms with E-state index in [0.29, 0.717) is 5.92 Å². The number of guanidine groups is 1. The van der Waals surface area contributed by atoms with Crippen LogP contribution < -0.4 is 10.6 Å². The fourth-order valence-electron chi connectivity index (χ4n) is 3.03. The summed E-state index contributed by atoms with van der Waals surface area (Å²) < 4.78 is 0. The quantitative estimate of drug-likeness (QED) is 0.409. The molecule has 1 fully saturated rings. The molecule has 1 aromatic carbocycles. The molecule has 5 heteroatoms. The summed E-state index contributed by atoms with van der Waals surface area (Å²) in [6, 6.07) is 10.8. The van der Waals surface area contributed by atoms with E-state index in [-0.39, 0.29) is 0 Å². The molecular formula is C19H32N4S. The largest absolute Gasteiger partial charge is 0.357 e.